The highest BCUT2D eigenvalue weighted by Gasteiger charge is 2.19. The van der Waals surface area contributed by atoms with Crippen LogP contribution in [-0.2, 0) is 6.54 Å². The van der Waals surface area contributed by atoms with Crippen molar-refractivity contribution in [3.8, 4) is 11.5 Å². The van der Waals surface area contributed by atoms with E-state index in [0.29, 0.717) is 18.9 Å². The highest BCUT2D eigenvalue weighted by Crippen LogP contribution is 2.21. The Labute approximate surface area is 103 Å². The molecule has 0 heterocycles. The van der Waals surface area contributed by atoms with Gasteiger partial charge in [-0.3, -0.25) is 9.59 Å². The lowest BCUT2D eigenvalue weighted by molar-refractivity contribution is 0.337. The van der Waals surface area contributed by atoms with Gasteiger partial charge in [-0.1, -0.05) is 18.2 Å². The van der Waals surface area contributed by atoms with Crippen LogP contribution in [-0.4, -0.2) is 11.7 Å². The Hall–Kier alpha value is -2.30. The molecule has 0 bridgehead atoms. The fraction of sp³-hybridized carbons (Fsp3) is 0.231. The molecule has 0 unspecified atom stereocenters. The third-order valence-electron chi connectivity index (χ3n) is 2.61. The van der Waals surface area contributed by atoms with Gasteiger partial charge >= 0.3 is 0 Å². The van der Waals surface area contributed by atoms with E-state index in [9.17, 15) is 14.7 Å². The predicted octanol–water partition coefficient (Wildman–Crippen LogP) is 0.999. The van der Waals surface area contributed by atoms with Crippen molar-refractivity contribution < 1.29 is 9.84 Å². The van der Waals surface area contributed by atoms with E-state index in [4.69, 9.17) is 4.74 Å². The zero-order chi connectivity index (χ0) is 13.1. The maximum Gasteiger partial charge on any atom is 0.271 e. The van der Waals surface area contributed by atoms with Crippen molar-refractivity contribution in [3.05, 3.63) is 50.3 Å². The van der Waals surface area contributed by atoms with E-state index >= 15 is 0 Å². The van der Waals surface area contributed by atoms with Crippen molar-refractivity contribution in [1.82, 2.24) is 0 Å². The van der Waals surface area contributed by atoms with E-state index in [1.165, 1.54) is 0 Å². The smallest absolute Gasteiger partial charge is 0.271 e. The summed E-state index contributed by atoms with van der Waals surface area (Å²) in [5, 5.41) is 12.0. The molecule has 2 rings (SSSR count). The minimum atomic E-state index is -0.837. The van der Waals surface area contributed by atoms with Crippen LogP contribution in [0, 0.1) is 0 Å². The molecule has 2 N–H and O–H groups in total. The van der Waals surface area contributed by atoms with Crippen molar-refractivity contribution in [2.24, 2.45) is 0 Å². The number of hydrogen-bond donors (Lipinski definition) is 2. The van der Waals surface area contributed by atoms with Crippen molar-refractivity contribution >= 4 is 5.69 Å². The first-order valence-corrected chi connectivity index (χ1v) is 5.62. The van der Waals surface area contributed by atoms with Gasteiger partial charge in [-0.25, -0.2) is 0 Å². The highest BCUT2D eigenvalue weighted by atomic mass is 16.5. The molecule has 5 heteroatoms. The normalized spacial score (nSPS) is 10.5. The molecule has 2 aromatic rings. The lowest BCUT2D eigenvalue weighted by Crippen LogP contribution is -2.33. The summed E-state index contributed by atoms with van der Waals surface area (Å²) in [6.07, 6.45) is 0. The molecule has 0 aromatic heterocycles. The van der Waals surface area contributed by atoms with Crippen LogP contribution in [0.2, 0.25) is 0 Å². The average molecular weight is 247 g/mol. The summed E-state index contributed by atoms with van der Waals surface area (Å²) in [4.78, 5) is 22.0. The Morgan fingerprint density at radius 1 is 1.22 bits per heavy atom. The van der Waals surface area contributed by atoms with Gasteiger partial charge in [0.25, 0.3) is 10.9 Å². The topological polar surface area (TPSA) is 75.6 Å². The molecular weight excluding hydrogens is 234 g/mol. The van der Waals surface area contributed by atoms with Crippen LogP contribution in [0.4, 0.5) is 5.69 Å². The Morgan fingerprint density at radius 2 is 1.94 bits per heavy atom. The van der Waals surface area contributed by atoms with Crippen LogP contribution in [0.25, 0.3) is 0 Å². The summed E-state index contributed by atoms with van der Waals surface area (Å²) >= 11 is 0. The summed E-state index contributed by atoms with van der Waals surface area (Å²) in [6, 6.07) is 7.37. The molecule has 0 saturated carbocycles. The van der Waals surface area contributed by atoms with Crippen molar-refractivity contribution in [1.29, 1.82) is 0 Å². The molecule has 2 aromatic carbocycles. The molecule has 0 radical (unpaired) electrons. The van der Waals surface area contributed by atoms with Crippen LogP contribution < -0.4 is 20.9 Å². The summed E-state index contributed by atoms with van der Waals surface area (Å²) in [6.45, 7) is 2.74. The molecule has 0 saturated heterocycles. The van der Waals surface area contributed by atoms with Crippen LogP contribution in [0.3, 0.4) is 0 Å². The number of rotatable bonds is 5. The molecule has 0 aliphatic heterocycles. The molecule has 0 amide bonds. The molecule has 0 aliphatic carbocycles. The fourth-order valence-corrected chi connectivity index (χ4v) is 1.67. The molecule has 0 aliphatic rings. The van der Waals surface area contributed by atoms with Gasteiger partial charge in [0.15, 0.2) is 5.75 Å². The van der Waals surface area contributed by atoms with Gasteiger partial charge in [-0.2, -0.15) is 0 Å². The maximum atomic E-state index is 11.1. The van der Waals surface area contributed by atoms with E-state index in [2.05, 4.69) is 5.32 Å². The second kappa shape index (κ2) is 4.91. The van der Waals surface area contributed by atoms with Gasteiger partial charge < -0.3 is 15.2 Å². The first-order valence-electron chi connectivity index (χ1n) is 5.62. The average Bonchev–Trinajstić information content (AvgIpc) is 2.40. The Kier molecular flexibility index (Phi) is 3.32. The van der Waals surface area contributed by atoms with Gasteiger partial charge in [-0.05, 0) is 13.0 Å². The van der Waals surface area contributed by atoms with E-state index in [1.807, 2.05) is 31.2 Å². The van der Waals surface area contributed by atoms with E-state index in [0.717, 1.165) is 5.56 Å². The van der Waals surface area contributed by atoms with Crippen molar-refractivity contribution in [2.45, 2.75) is 13.5 Å². The maximum absolute atomic E-state index is 11.1. The van der Waals surface area contributed by atoms with Crippen LogP contribution in [0.1, 0.15) is 12.5 Å². The molecule has 0 spiro atoms. The largest absolute Gasteiger partial charge is 0.502 e. The first-order chi connectivity index (χ1) is 8.65. The predicted molar refractivity (Wildman–Crippen MR) is 68.0 cm³/mol. The van der Waals surface area contributed by atoms with E-state index < -0.39 is 16.6 Å². The van der Waals surface area contributed by atoms with Gasteiger partial charge in [0, 0.05) is 12.1 Å². The lowest BCUT2D eigenvalue weighted by Gasteiger charge is -2.12. The standard InChI is InChI=1S/C13H13NO4/c1-2-18-9-6-4-3-5-8(9)7-14-10-11(15)13(17)12(10)16/h3-6,14-15H,2,7H2,1H3. The molecule has 5 nitrogen and oxygen atoms in total. The zero-order valence-corrected chi connectivity index (χ0v) is 9.90. The number of aromatic hydroxyl groups is 1. The minimum absolute atomic E-state index is 0.0219. The molecule has 18 heavy (non-hydrogen) atoms. The van der Waals surface area contributed by atoms with Gasteiger partial charge in [0.1, 0.15) is 11.4 Å². The van der Waals surface area contributed by atoms with E-state index in [1.54, 1.807) is 0 Å². The minimum Gasteiger partial charge on any atom is -0.502 e. The van der Waals surface area contributed by atoms with Gasteiger partial charge in [0.2, 0.25) is 0 Å². The van der Waals surface area contributed by atoms with Crippen LogP contribution >= 0.6 is 0 Å². The highest BCUT2D eigenvalue weighted by molar-refractivity contribution is 5.61. The third kappa shape index (κ3) is 2.07. The summed E-state index contributed by atoms with van der Waals surface area (Å²) in [5.74, 6) is 0.222. The van der Waals surface area contributed by atoms with Crippen LogP contribution in [0.15, 0.2) is 33.9 Å². The summed E-state index contributed by atoms with van der Waals surface area (Å²) in [5.41, 5.74) is -0.685. The molecular formula is C13H13NO4. The Bertz CT molecular complexity index is 626. The Morgan fingerprint density at radius 3 is 2.61 bits per heavy atom. The summed E-state index contributed by atoms with van der Waals surface area (Å²) in [7, 11) is 0. The lowest BCUT2D eigenvalue weighted by atomic mass is 10.1. The SMILES string of the molecule is CCOc1ccccc1CNc1c(O)c(=O)c1=O. The number of nitrogens with one attached hydrogen (secondary N) is 1. The second-order valence-electron chi connectivity index (χ2n) is 3.78. The van der Waals surface area contributed by atoms with Crippen LogP contribution in [0.5, 0.6) is 11.5 Å². The fourth-order valence-electron chi connectivity index (χ4n) is 1.67. The number of benzene rings is 1. The third-order valence-corrected chi connectivity index (χ3v) is 2.61. The number of ether oxygens (including phenoxy) is 1. The number of para-hydroxylation sites is 1. The van der Waals surface area contributed by atoms with Gasteiger partial charge in [-0.15, -0.1) is 0 Å². The molecule has 0 atom stereocenters. The monoisotopic (exact) mass is 247 g/mol. The van der Waals surface area contributed by atoms with E-state index in [-0.39, 0.29) is 5.69 Å². The zero-order valence-electron chi connectivity index (χ0n) is 9.90. The molecule has 0 fully saturated rings. The quantitative estimate of drug-likeness (QED) is 0.771. The van der Waals surface area contributed by atoms with Crippen molar-refractivity contribution in [3.63, 3.8) is 0 Å². The summed E-state index contributed by atoms with van der Waals surface area (Å²) < 4.78 is 5.43. The first kappa shape index (κ1) is 12.2. The molecule has 94 valence electrons. The Balaban J connectivity index is 2.12. The van der Waals surface area contributed by atoms with Crippen molar-refractivity contribution in [2.75, 3.05) is 11.9 Å². The number of hydrogen-bond acceptors (Lipinski definition) is 5. The van der Waals surface area contributed by atoms with Gasteiger partial charge in [0.05, 0.1) is 6.61 Å². The second-order valence-corrected chi connectivity index (χ2v) is 3.78. The number of anilines is 1.